The third-order valence-electron chi connectivity index (χ3n) is 2.07. The minimum Gasteiger partial charge on any atom is -0.442 e. The van der Waals surface area contributed by atoms with E-state index in [1.807, 2.05) is 19.0 Å². The minimum absolute atomic E-state index is 0.643. The van der Waals surface area contributed by atoms with E-state index in [2.05, 4.69) is 4.36 Å². The zero-order valence-corrected chi connectivity index (χ0v) is 12.7. The molecule has 0 saturated heterocycles. The summed E-state index contributed by atoms with van der Waals surface area (Å²) in [4.78, 5) is 13.3. The third-order valence-corrected chi connectivity index (χ3v) is 3.07. The lowest BCUT2D eigenvalue weighted by atomic mass is 10.2. The SMILES string of the molecule is CN(C)c1cc[n+](/[SH](=O)=N\C(=O)OC(C)(C)C)cc1. The van der Waals surface area contributed by atoms with Crippen molar-refractivity contribution in [2.24, 2.45) is 4.36 Å². The van der Waals surface area contributed by atoms with Gasteiger partial charge in [-0.1, -0.05) is 4.36 Å². The summed E-state index contributed by atoms with van der Waals surface area (Å²) in [6.07, 6.45) is 2.40. The summed E-state index contributed by atoms with van der Waals surface area (Å²) in [7, 11) is 1.61. The molecule has 1 unspecified atom stereocenters. The van der Waals surface area contributed by atoms with Crippen LogP contribution in [0.5, 0.6) is 0 Å². The molecule has 0 aliphatic rings. The number of nitrogens with zero attached hydrogens (tertiary/aromatic N) is 3. The number of carbonyl (C=O) groups excluding carboxylic acids is 1. The molecule has 1 atom stereocenters. The highest BCUT2D eigenvalue weighted by Crippen LogP contribution is 2.08. The van der Waals surface area contributed by atoms with Gasteiger partial charge in [-0.05, 0) is 20.8 Å². The molecule has 1 aromatic heterocycles. The molecule has 0 bridgehead atoms. The number of pyridine rings is 1. The molecule has 1 aromatic rings. The fraction of sp³-hybridized carbons (Fsp3) is 0.500. The summed E-state index contributed by atoms with van der Waals surface area (Å²) in [5.41, 5.74) is 0.327. The Kier molecular flexibility index (Phi) is 4.88. The Balaban J connectivity index is 2.85. The molecule has 0 aliphatic carbocycles. The van der Waals surface area contributed by atoms with Crippen LogP contribution in [0.25, 0.3) is 0 Å². The number of aromatic nitrogens is 1. The van der Waals surface area contributed by atoms with Crippen molar-refractivity contribution in [2.45, 2.75) is 26.4 Å². The zero-order valence-electron chi connectivity index (χ0n) is 11.8. The van der Waals surface area contributed by atoms with E-state index >= 15 is 0 Å². The van der Waals surface area contributed by atoms with Gasteiger partial charge in [0.2, 0.25) is 0 Å². The molecule has 0 aromatic carbocycles. The maximum Gasteiger partial charge on any atom is 0.446 e. The van der Waals surface area contributed by atoms with Gasteiger partial charge in [-0.3, -0.25) is 0 Å². The second-order valence-corrected chi connectivity index (χ2v) is 6.33. The molecule has 0 aliphatic heterocycles. The topological polar surface area (TPSA) is 62.8 Å². The molecule has 0 fully saturated rings. The van der Waals surface area contributed by atoms with Crippen molar-refractivity contribution in [3.8, 4) is 0 Å². The quantitative estimate of drug-likeness (QED) is 0.659. The molecule has 0 N–H and O–H groups in total. The van der Waals surface area contributed by atoms with E-state index in [0.717, 1.165) is 5.69 Å². The van der Waals surface area contributed by atoms with Crippen molar-refractivity contribution in [2.75, 3.05) is 19.0 Å². The fourth-order valence-corrected chi connectivity index (χ4v) is 1.87. The van der Waals surface area contributed by atoms with E-state index in [1.165, 1.54) is 3.97 Å². The molecule has 0 saturated carbocycles. The molecule has 106 valence electrons. The Hall–Kier alpha value is -1.63. The van der Waals surface area contributed by atoms with Crippen LogP contribution in [0.15, 0.2) is 28.9 Å². The number of thiol groups is 1. The number of hydrogen-bond acceptors (Lipinski definition) is 4. The van der Waals surface area contributed by atoms with Crippen molar-refractivity contribution >= 4 is 22.6 Å². The van der Waals surface area contributed by atoms with Gasteiger partial charge in [-0.25, -0.2) is 4.79 Å². The largest absolute Gasteiger partial charge is 0.446 e. The second-order valence-electron chi connectivity index (χ2n) is 5.16. The molecule has 7 heteroatoms. The third kappa shape index (κ3) is 5.25. The molecule has 1 rings (SSSR count). The van der Waals surface area contributed by atoms with Gasteiger partial charge in [0.1, 0.15) is 5.60 Å². The highest BCUT2D eigenvalue weighted by molar-refractivity contribution is 7.68. The number of hydrogen-bond donors (Lipinski definition) is 1. The molecule has 1 amide bonds. The lowest BCUT2D eigenvalue weighted by Crippen LogP contribution is -2.33. The smallest absolute Gasteiger partial charge is 0.442 e. The zero-order chi connectivity index (χ0) is 14.6. The van der Waals surface area contributed by atoms with E-state index in [0.29, 0.717) is 0 Å². The fourth-order valence-electron chi connectivity index (χ4n) is 1.23. The van der Waals surface area contributed by atoms with E-state index < -0.39 is 22.5 Å². The van der Waals surface area contributed by atoms with E-state index in [1.54, 1.807) is 45.3 Å². The second kappa shape index (κ2) is 6.01. The number of carbonyl (C=O) groups is 1. The Bertz CT molecular complexity index is 526. The van der Waals surface area contributed by atoms with Crippen LogP contribution in [-0.4, -0.2) is 30.0 Å². The Morgan fingerprint density at radius 2 is 1.84 bits per heavy atom. The van der Waals surface area contributed by atoms with Crippen LogP contribution in [0.3, 0.4) is 0 Å². The molecular weight excluding hydrogens is 266 g/mol. The first-order valence-corrected chi connectivity index (χ1v) is 6.96. The van der Waals surface area contributed by atoms with Crippen LogP contribution in [0.4, 0.5) is 10.5 Å². The summed E-state index contributed by atoms with van der Waals surface area (Å²) >= 11 is 0. The maximum atomic E-state index is 11.9. The molecule has 6 nitrogen and oxygen atoms in total. The Morgan fingerprint density at radius 1 is 1.32 bits per heavy atom. The molecular formula is C12H20N3O3S+. The van der Waals surface area contributed by atoms with Crippen molar-refractivity contribution < 1.29 is 17.7 Å². The first-order valence-electron chi connectivity index (χ1n) is 5.80. The van der Waals surface area contributed by atoms with Crippen molar-refractivity contribution in [3.63, 3.8) is 0 Å². The average molecular weight is 286 g/mol. The summed E-state index contributed by atoms with van der Waals surface area (Å²) in [6, 6.07) is 3.58. The summed E-state index contributed by atoms with van der Waals surface area (Å²) in [5.74, 6) is 0. The van der Waals surface area contributed by atoms with Crippen molar-refractivity contribution in [3.05, 3.63) is 24.5 Å². The highest BCUT2D eigenvalue weighted by atomic mass is 32.2. The normalized spacial score (nSPS) is 13.1. The lowest BCUT2D eigenvalue weighted by molar-refractivity contribution is -0.501. The molecule has 0 radical (unpaired) electrons. The van der Waals surface area contributed by atoms with Crippen LogP contribution in [0.2, 0.25) is 0 Å². The molecule has 0 spiro atoms. The summed E-state index contributed by atoms with van der Waals surface area (Å²) in [5, 5.41) is 0. The van der Waals surface area contributed by atoms with Crippen molar-refractivity contribution in [1.82, 2.24) is 0 Å². The first kappa shape index (κ1) is 15.4. The van der Waals surface area contributed by atoms with Crippen LogP contribution >= 0.6 is 0 Å². The van der Waals surface area contributed by atoms with Gasteiger partial charge in [-0.2, -0.15) is 4.21 Å². The maximum absolute atomic E-state index is 11.9. The first-order chi connectivity index (χ1) is 8.69. The Labute approximate surface area is 115 Å². The van der Waals surface area contributed by atoms with Gasteiger partial charge in [-0.15, -0.1) is 3.97 Å². The van der Waals surface area contributed by atoms with E-state index in [-0.39, 0.29) is 0 Å². The monoisotopic (exact) mass is 286 g/mol. The van der Waals surface area contributed by atoms with Crippen LogP contribution in [0, 0.1) is 0 Å². The van der Waals surface area contributed by atoms with E-state index in [9.17, 15) is 9.00 Å². The average Bonchev–Trinajstić information content (AvgIpc) is 2.26. The number of anilines is 1. The number of amides is 1. The van der Waals surface area contributed by atoms with Crippen LogP contribution < -0.4 is 8.87 Å². The van der Waals surface area contributed by atoms with Gasteiger partial charge in [0.25, 0.3) is 10.8 Å². The van der Waals surface area contributed by atoms with Crippen LogP contribution in [-0.2, 0) is 15.5 Å². The lowest BCUT2D eigenvalue weighted by Gasteiger charge is -2.16. The predicted octanol–water partition coefficient (Wildman–Crippen LogP) is 1.40. The van der Waals surface area contributed by atoms with E-state index in [4.69, 9.17) is 4.74 Å². The standard InChI is InChI=1S/C12H20N3O3S/c1-12(2,3)18-11(16)13-19(17)15-8-6-10(7-9-15)14(4)5/h6-9,19H,1-5H3/q+1. The van der Waals surface area contributed by atoms with Gasteiger partial charge in [0.05, 0.1) is 0 Å². The number of ether oxygens (including phenoxy) is 1. The summed E-state index contributed by atoms with van der Waals surface area (Å²) < 4.78 is 21.7. The van der Waals surface area contributed by atoms with Gasteiger partial charge >= 0.3 is 6.09 Å². The van der Waals surface area contributed by atoms with Gasteiger partial charge in [0, 0.05) is 31.9 Å². The van der Waals surface area contributed by atoms with Crippen molar-refractivity contribution in [1.29, 1.82) is 0 Å². The highest BCUT2D eigenvalue weighted by Gasteiger charge is 2.16. The van der Waals surface area contributed by atoms with Gasteiger partial charge < -0.3 is 9.64 Å². The predicted molar refractivity (Wildman–Crippen MR) is 74.6 cm³/mol. The van der Waals surface area contributed by atoms with Crippen LogP contribution in [0.1, 0.15) is 20.8 Å². The summed E-state index contributed by atoms with van der Waals surface area (Å²) in [6.45, 7) is 5.19. The molecule has 1 heterocycles. The Morgan fingerprint density at radius 3 is 2.26 bits per heavy atom. The minimum atomic E-state index is -2.20. The molecule has 19 heavy (non-hydrogen) atoms. The number of rotatable bonds is 2. The van der Waals surface area contributed by atoms with Gasteiger partial charge in [0.15, 0.2) is 12.4 Å².